The van der Waals surface area contributed by atoms with E-state index < -0.39 is 11.8 Å². The predicted molar refractivity (Wildman–Crippen MR) is 127 cm³/mol. The van der Waals surface area contributed by atoms with Gasteiger partial charge in [-0.2, -0.15) is 0 Å². The number of carbonyl (C=O) groups excluding carboxylic acids is 3. The lowest BCUT2D eigenvalue weighted by Crippen LogP contribution is -2.43. The lowest BCUT2D eigenvalue weighted by molar-refractivity contribution is -0.124. The van der Waals surface area contributed by atoms with E-state index >= 15 is 0 Å². The average Bonchev–Trinajstić information content (AvgIpc) is 3.04. The zero-order valence-electron chi connectivity index (χ0n) is 16.2. The Morgan fingerprint density at radius 3 is 2.61 bits per heavy atom. The molecule has 0 radical (unpaired) electrons. The van der Waals surface area contributed by atoms with Crippen molar-refractivity contribution in [3.63, 3.8) is 0 Å². The van der Waals surface area contributed by atoms with E-state index in [1.807, 2.05) is 36.4 Å². The van der Waals surface area contributed by atoms with E-state index in [0.29, 0.717) is 19.8 Å². The fourth-order valence-corrected chi connectivity index (χ4v) is 4.07. The Bertz CT molecular complexity index is 1070. The first-order chi connectivity index (χ1) is 14.9. The number of thioether (sulfide) groups is 1. The van der Waals surface area contributed by atoms with Gasteiger partial charge in [-0.15, -0.1) is 0 Å². The number of hydrazine groups is 1. The summed E-state index contributed by atoms with van der Waals surface area (Å²) in [6.45, 7) is 0.114. The summed E-state index contributed by atoms with van der Waals surface area (Å²) in [4.78, 5) is 38.5. The lowest BCUT2D eigenvalue weighted by Gasteiger charge is -2.14. The van der Waals surface area contributed by atoms with Crippen LogP contribution in [-0.2, 0) is 9.59 Å². The van der Waals surface area contributed by atoms with Gasteiger partial charge in [-0.05, 0) is 29.8 Å². The zero-order chi connectivity index (χ0) is 22.2. The van der Waals surface area contributed by atoms with Gasteiger partial charge in [-0.25, -0.2) is 0 Å². The summed E-state index contributed by atoms with van der Waals surface area (Å²) in [6.07, 6.45) is 5.37. The first-order valence-corrected chi connectivity index (χ1v) is 10.9. The maximum atomic E-state index is 12.6. The summed E-state index contributed by atoms with van der Waals surface area (Å²) < 4.78 is 0.389. The molecule has 158 valence electrons. The quantitative estimate of drug-likeness (QED) is 0.379. The van der Waals surface area contributed by atoms with Crippen LogP contribution in [0.1, 0.15) is 22.3 Å². The fraction of sp³-hybridized carbons (Fsp3) is 0.0909. The van der Waals surface area contributed by atoms with E-state index in [9.17, 15) is 14.4 Å². The van der Waals surface area contributed by atoms with Crippen LogP contribution in [0.2, 0.25) is 5.02 Å². The Balaban J connectivity index is 1.48. The van der Waals surface area contributed by atoms with Crippen molar-refractivity contribution in [2.24, 2.45) is 0 Å². The summed E-state index contributed by atoms with van der Waals surface area (Å²) in [6, 6.07) is 16.1. The number of halogens is 1. The summed E-state index contributed by atoms with van der Waals surface area (Å²) in [5, 5.41) is 0.417. The topological polar surface area (TPSA) is 78.5 Å². The Kier molecular flexibility index (Phi) is 8.00. The molecule has 1 fully saturated rings. The van der Waals surface area contributed by atoms with Crippen molar-refractivity contribution in [1.29, 1.82) is 0 Å². The molecule has 0 aliphatic carbocycles. The second-order valence-electron chi connectivity index (χ2n) is 6.39. The molecule has 0 atom stereocenters. The maximum Gasteiger partial charge on any atom is 0.269 e. The van der Waals surface area contributed by atoms with E-state index in [2.05, 4.69) is 10.9 Å². The van der Waals surface area contributed by atoms with Crippen LogP contribution in [0.4, 0.5) is 0 Å². The molecule has 3 amide bonds. The smallest absolute Gasteiger partial charge is 0.269 e. The Hall–Kier alpha value is -2.94. The van der Waals surface area contributed by atoms with Gasteiger partial charge >= 0.3 is 0 Å². The highest BCUT2D eigenvalue weighted by Gasteiger charge is 2.31. The second-order valence-corrected chi connectivity index (χ2v) is 8.50. The molecular formula is C22H18ClN3O3S2. The van der Waals surface area contributed by atoms with Crippen LogP contribution in [-0.4, -0.2) is 33.5 Å². The molecule has 0 bridgehead atoms. The number of hydrogen-bond donors (Lipinski definition) is 2. The van der Waals surface area contributed by atoms with Gasteiger partial charge in [0.05, 0.1) is 4.91 Å². The summed E-state index contributed by atoms with van der Waals surface area (Å²) in [5.41, 5.74) is 5.98. The van der Waals surface area contributed by atoms with Gasteiger partial charge < -0.3 is 0 Å². The molecule has 6 nitrogen and oxygen atoms in total. The van der Waals surface area contributed by atoms with Gasteiger partial charge in [0.25, 0.3) is 11.8 Å². The van der Waals surface area contributed by atoms with Crippen molar-refractivity contribution in [2.45, 2.75) is 6.42 Å². The molecule has 1 heterocycles. The minimum Gasteiger partial charge on any atom is -0.292 e. The average molecular weight is 472 g/mol. The largest absolute Gasteiger partial charge is 0.292 e. The minimum atomic E-state index is -0.491. The van der Waals surface area contributed by atoms with Gasteiger partial charge in [-0.1, -0.05) is 84.1 Å². The molecule has 2 aromatic rings. The van der Waals surface area contributed by atoms with Gasteiger partial charge in [0.1, 0.15) is 4.32 Å². The number of carbonyl (C=O) groups is 3. The second kappa shape index (κ2) is 10.9. The number of rotatable bonds is 6. The molecule has 1 saturated heterocycles. The van der Waals surface area contributed by atoms with E-state index in [0.717, 1.165) is 5.56 Å². The molecule has 0 unspecified atom stereocenters. The van der Waals surface area contributed by atoms with Crippen LogP contribution >= 0.6 is 35.6 Å². The molecule has 2 aromatic carbocycles. The molecule has 0 aromatic heterocycles. The van der Waals surface area contributed by atoms with Crippen molar-refractivity contribution in [3.8, 4) is 0 Å². The number of allylic oxidation sites excluding steroid dienone is 2. The number of thiocarbonyl (C=S) groups is 1. The zero-order valence-corrected chi connectivity index (χ0v) is 18.6. The van der Waals surface area contributed by atoms with Crippen molar-refractivity contribution in [3.05, 3.63) is 87.8 Å². The molecule has 1 aliphatic heterocycles. The van der Waals surface area contributed by atoms with Crippen LogP contribution in [0.3, 0.4) is 0 Å². The molecule has 3 rings (SSSR count). The third kappa shape index (κ3) is 6.52. The van der Waals surface area contributed by atoms with Crippen LogP contribution in [0.5, 0.6) is 0 Å². The molecule has 0 spiro atoms. The predicted octanol–water partition coefficient (Wildman–Crippen LogP) is 3.95. The number of benzene rings is 2. The van der Waals surface area contributed by atoms with Gasteiger partial charge in [0, 0.05) is 23.6 Å². The summed E-state index contributed by atoms with van der Waals surface area (Å²) in [5.74, 6) is -1.18. The molecule has 31 heavy (non-hydrogen) atoms. The van der Waals surface area contributed by atoms with Crippen molar-refractivity contribution < 1.29 is 14.4 Å². The highest BCUT2D eigenvalue weighted by atomic mass is 35.5. The van der Waals surface area contributed by atoms with Crippen molar-refractivity contribution in [2.75, 3.05) is 6.54 Å². The number of nitrogens with zero attached hydrogens (tertiary/aromatic N) is 1. The monoisotopic (exact) mass is 471 g/mol. The summed E-state index contributed by atoms with van der Waals surface area (Å²) in [7, 11) is 0. The first-order valence-electron chi connectivity index (χ1n) is 9.26. The van der Waals surface area contributed by atoms with Crippen LogP contribution in [0.15, 0.2) is 71.7 Å². The van der Waals surface area contributed by atoms with Gasteiger partial charge in [0.2, 0.25) is 5.91 Å². The highest BCUT2D eigenvalue weighted by molar-refractivity contribution is 8.26. The number of nitrogens with one attached hydrogen (secondary N) is 2. The molecule has 0 saturated carbocycles. The third-order valence-corrected chi connectivity index (χ3v) is 5.81. The standard InChI is InChI=1S/C22H18ClN3O3S2/c23-17-10-5-9-16(14-17)20(28)25-24-19(27)12-13-26-21(29)18(31-22(26)30)11-4-8-15-6-2-1-3-7-15/h1-11,14H,12-13H2,(H,24,27)(H,25,28). The number of amides is 3. The van der Waals surface area contributed by atoms with E-state index in [1.165, 1.54) is 22.7 Å². The van der Waals surface area contributed by atoms with Crippen LogP contribution in [0, 0.1) is 0 Å². The van der Waals surface area contributed by atoms with Crippen molar-refractivity contribution >= 4 is 63.7 Å². The minimum absolute atomic E-state index is 0.0185. The van der Waals surface area contributed by atoms with Crippen LogP contribution in [0.25, 0.3) is 6.08 Å². The molecular weight excluding hydrogens is 454 g/mol. The lowest BCUT2D eigenvalue weighted by atomic mass is 10.2. The van der Waals surface area contributed by atoms with Gasteiger partial charge in [-0.3, -0.25) is 30.1 Å². The SMILES string of the molecule is O=C(CCN1C(=O)C(=CC=Cc2ccccc2)SC1=S)NNC(=O)c1cccc(Cl)c1. The van der Waals surface area contributed by atoms with E-state index in [1.54, 1.807) is 30.4 Å². The normalized spacial score (nSPS) is 15.0. The Labute approximate surface area is 194 Å². The molecule has 9 heteroatoms. The van der Waals surface area contributed by atoms with Crippen molar-refractivity contribution in [1.82, 2.24) is 15.8 Å². The molecule has 2 N–H and O–H groups in total. The third-order valence-electron chi connectivity index (χ3n) is 4.17. The van der Waals surface area contributed by atoms with Crippen LogP contribution < -0.4 is 10.9 Å². The Morgan fingerprint density at radius 1 is 1.10 bits per heavy atom. The maximum absolute atomic E-state index is 12.6. The Morgan fingerprint density at radius 2 is 1.87 bits per heavy atom. The van der Waals surface area contributed by atoms with Gasteiger partial charge in [0.15, 0.2) is 0 Å². The van der Waals surface area contributed by atoms with E-state index in [-0.39, 0.29) is 18.9 Å². The first kappa shape index (κ1) is 22.7. The highest BCUT2D eigenvalue weighted by Crippen LogP contribution is 2.31. The number of hydrogen-bond acceptors (Lipinski definition) is 5. The summed E-state index contributed by atoms with van der Waals surface area (Å²) >= 11 is 12.3. The fourth-order valence-electron chi connectivity index (χ4n) is 2.62. The van der Waals surface area contributed by atoms with E-state index in [4.69, 9.17) is 23.8 Å². The molecule has 1 aliphatic rings.